The first-order valence-electron chi connectivity index (χ1n) is 14.7. The highest BCUT2D eigenvalue weighted by atomic mass is 16.7. The lowest BCUT2D eigenvalue weighted by Crippen LogP contribution is -2.63. The molecule has 4 unspecified atom stereocenters. The number of benzene rings is 1. The van der Waals surface area contributed by atoms with Gasteiger partial charge in [0.1, 0.15) is 12.6 Å². The molecular formula is C33H45NO6. The van der Waals surface area contributed by atoms with E-state index in [1.165, 1.54) is 12.7 Å². The number of carbonyl (C=O) groups is 2. The van der Waals surface area contributed by atoms with Crippen molar-refractivity contribution in [3.8, 4) is 0 Å². The van der Waals surface area contributed by atoms with Crippen LogP contribution in [0, 0.1) is 22.7 Å². The SMILES string of the molecule is C=C1CCC2[C@]3(C)COC(C)(C)OC3CC[C@]2(C)[C@H]1CC(NC(Cc1ccccc1)C(=O)OC)C1=CCOC1=O. The fraction of sp³-hybridized carbons (Fsp3) is 0.636. The van der Waals surface area contributed by atoms with Gasteiger partial charge in [-0.15, -0.1) is 0 Å². The van der Waals surface area contributed by atoms with Crippen LogP contribution < -0.4 is 5.32 Å². The summed E-state index contributed by atoms with van der Waals surface area (Å²) >= 11 is 0. The molecule has 7 atom stereocenters. The summed E-state index contributed by atoms with van der Waals surface area (Å²) < 4.78 is 23.3. The minimum Gasteiger partial charge on any atom is -0.468 e. The van der Waals surface area contributed by atoms with Gasteiger partial charge in [0.15, 0.2) is 5.79 Å². The summed E-state index contributed by atoms with van der Waals surface area (Å²) in [6, 6.07) is 8.89. The molecule has 7 heteroatoms. The van der Waals surface area contributed by atoms with Crippen molar-refractivity contribution in [2.24, 2.45) is 22.7 Å². The summed E-state index contributed by atoms with van der Waals surface area (Å²) in [5, 5.41) is 3.55. The van der Waals surface area contributed by atoms with Crippen LogP contribution in [0.25, 0.3) is 0 Å². The third-order valence-electron chi connectivity index (χ3n) is 10.2. The first-order valence-corrected chi connectivity index (χ1v) is 14.7. The van der Waals surface area contributed by atoms with E-state index in [-0.39, 0.29) is 47.4 Å². The van der Waals surface area contributed by atoms with Crippen LogP contribution in [0.4, 0.5) is 0 Å². The quantitative estimate of drug-likeness (QED) is 0.354. The van der Waals surface area contributed by atoms with E-state index in [2.05, 4.69) is 25.7 Å². The summed E-state index contributed by atoms with van der Waals surface area (Å²) in [7, 11) is 1.41. The summed E-state index contributed by atoms with van der Waals surface area (Å²) in [5.41, 5.74) is 2.69. The number of hydrogen-bond acceptors (Lipinski definition) is 7. The third-order valence-corrected chi connectivity index (χ3v) is 10.2. The van der Waals surface area contributed by atoms with E-state index in [0.29, 0.717) is 30.9 Å². The molecule has 1 saturated heterocycles. The first kappa shape index (κ1) is 29.0. The molecule has 0 radical (unpaired) electrons. The fourth-order valence-corrected chi connectivity index (χ4v) is 8.12. The van der Waals surface area contributed by atoms with Crippen molar-refractivity contribution in [1.82, 2.24) is 5.32 Å². The molecule has 218 valence electrons. The Labute approximate surface area is 238 Å². The minimum absolute atomic E-state index is 0.0437. The molecule has 1 aromatic carbocycles. The smallest absolute Gasteiger partial charge is 0.335 e. The highest BCUT2D eigenvalue weighted by Gasteiger charge is 2.61. The zero-order valence-corrected chi connectivity index (χ0v) is 24.7. The Balaban J connectivity index is 1.44. The second-order valence-corrected chi connectivity index (χ2v) is 13.1. The predicted octanol–water partition coefficient (Wildman–Crippen LogP) is 5.14. The second-order valence-electron chi connectivity index (χ2n) is 13.1. The highest BCUT2D eigenvalue weighted by Crippen LogP contribution is 2.64. The Morgan fingerprint density at radius 1 is 1.15 bits per heavy atom. The van der Waals surface area contributed by atoms with Gasteiger partial charge in [-0.1, -0.05) is 56.3 Å². The molecule has 2 aliphatic heterocycles. The zero-order chi connectivity index (χ0) is 28.7. The maximum absolute atomic E-state index is 13.0. The predicted molar refractivity (Wildman–Crippen MR) is 152 cm³/mol. The number of hydrogen-bond donors (Lipinski definition) is 1. The summed E-state index contributed by atoms with van der Waals surface area (Å²) in [5.74, 6) is -0.700. The topological polar surface area (TPSA) is 83.1 Å². The van der Waals surface area contributed by atoms with Gasteiger partial charge >= 0.3 is 11.9 Å². The zero-order valence-electron chi connectivity index (χ0n) is 24.7. The van der Waals surface area contributed by atoms with Crippen molar-refractivity contribution in [1.29, 1.82) is 0 Å². The van der Waals surface area contributed by atoms with E-state index in [0.717, 1.165) is 31.2 Å². The molecule has 0 amide bonds. The lowest BCUT2D eigenvalue weighted by atomic mass is 9.45. The third kappa shape index (κ3) is 5.40. The Bertz CT molecular complexity index is 1160. The van der Waals surface area contributed by atoms with Crippen LogP contribution in [0.15, 0.2) is 54.1 Å². The van der Waals surface area contributed by atoms with Crippen molar-refractivity contribution in [3.05, 3.63) is 59.7 Å². The van der Waals surface area contributed by atoms with Crippen LogP contribution in [-0.2, 0) is 35.0 Å². The van der Waals surface area contributed by atoms with Crippen molar-refractivity contribution >= 4 is 11.9 Å². The van der Waals surface area contributed by atoms with Crippen molar-refractivity contribution < 1.29 is 28.5 Å². The summed E-state index contributed by atoms with van der Waals surface area (Å²) in [6.07, 6.45) is 7.07. The van der Waals surface area contributed by atoms with Crippen molar-refractivity contribution in [2.45, 2.75) is 90.2 Å². The van der Waals surface area contributed by atoms with E-state index in [9.17, 15) is 9.59 Å². The molecule has 40 heavy (non-hydrogen) atoms. The standard InChI is InChI=1S/C33H45NO6/c1-21-12-13-27-32(4,16-14-28-33(27,5)20-39-31(2,3)40-28)24(21)19-25(23-15-17-38-29(23)35)34-26(30(36)37-6)18-22-10-8-7-9-11-22/h7-11,15,24-28,34H,1,12-14,16-20H2,2-6H3/t24-,25?,26?,27?,28?,32+,33-/m0/s1. The Hall–Kier alpha value is -2.48. The van der Waals surface area contributed by atoms with E-state index in [1.54, 1.807) is 0 Å². The number of esters is 2. The lowest BCUT2D eigenvalue weighted by molar-refractivity contribution is -0.344. The monoisotopic (exact) mass is 551 g/mol. The molecule has 3 fully saturated rings. The number of rotatable bonds is 8. The molecule has 2 saturated carbocycles. The Morgan fingerprint density at radius 3 is 2.58 bits per heavy atom. The van der Waals surface area contributed by atoms with E-state index in [1.807, 2.05) is 50.3 Å². The maximum Gasteiger partial charge on any atom is 0.335 e. The van der Waals surface area contributed by atoms with E-state index >= 15 is 0 Å². The van der Waals surface area contributed by atoms with Gasteiger partial charge in [-0.05, 0) is 81.3 Å². The molecule has 1 aromatic rings. The van der Waals surface area contributed by atoms with Gasteiger partial charge < -0.3 is 18.9 Å². The van der Waals surface area contributed by atoms with Crippen molar-refractivity contribution in [2.75, 3.05) is 20.3 Å². The number of allylic oxidation sites excluding steroid dienone is 1. The van der Waals surface area contributed by atoms with Crippen LogP contribution in [0.3, 0.4) is 0 Å². The molecule has 7 nitrogen and oxygen atoms in total. The summed E-state index contributed by atoms with van der Waals surface area (Å²) in [6.45, 7) is 14.2. The Kier molecular flexibility index (Phi) is 8.03. The van der Waals surface area contributed by atoms with Crippen LogP contribution in [-0.4, -0.2) is 56.2 Å². The van der Waals surface area contributed by atoms with Gasteiger partial charge in [0.25, 0.3) is 0 Å². The number of methoxy groups -OCH3 is 1. The number of ether oxygens (including phenoxy) is 4. The molecule has 2 aliphatic carbocycles. The van der Waals surface area contributed by atoms with E-state index in [4.69, 9.17) is 18.9 Å². The normalized spacial score (nSPS) is 34.6. The van der Waals surface area contributed by atoms with Gasteiger partial charge in [0.05, 0.1) is 25.4 Å². The van der Waals surface area contributed by atoms with Gasteiger partial charge in [-0.25, -0.2) is 4.79 Å². The largest absolute Gasteiger partial charge is 0.468 e. The molecule has 1 N–H and O–H groups in total. The molecule has 5 rings (SSSR count). The molecular weight excluding hydrogens is 506 g/mol. The number of carbonyl (C=O) groups excluding carboxylic acids is 2. The van der Waals surface area contributed by atoms with Gasteiger partial charge in [-0.3, -0.25) is 10.1 Å². The van der Waals surface area contributed by atoms with Gasteiger partial charge in [-0.2, -0.15) is 0 Å². The number of cyclic esters (lactones) is 1. The lowest BCUT2D eigenvalue weighted by Gasteiger charge is -2.63. The molecule has 0 aromatic heterocycles. The second kappa shape index (κ2) is 11.1. The summed E-state index contributed by atoms with van der Waals surface area (Å²) in [4.78, 5) is 25.9. The fourth-order valence-electron chi connectivity index (χ4n) is 8.12. The van der Waals surface area contributed by atoms with E-state index < -0.39 is 11.8 Å². The minimum atomic E-state index is -0.609. The maximum atomic E-state index is 13.0. The van der Waals surface area contributed by atoms with Crippen molar-refractivity contribution in [3.63, 3.8) is 0 Å². The van der Waals surface area contributed by atoms with Gasteiger partial charge in [0.2, 0.25) is 0 Å². The molecule has 0 spiro atoms. The van der Waals surface area contributed by atoms with Crippen LogP contribution >= 0.6 is 0 Å². The molecule has 0 bridgehead atoms. The molecule has 2 heterocycles. The van der Waals surface area contributed by atoms with Crippen LogP contribution in [0.2, 0.25) is 0 Å². The number of nitrogens with one attached hydrogen (secondary N) is 1. The average Bonchev–Trinajstić information content (AvgIpc) is 3.35. The Morgan fingerprint density at radius 2 is 1.90 bits per heavy atom. The van der Waals surface area contributed by atoms with Crippen LogP contribution in [0.1, 0.15) is 65.4 Å². The highest BCUT2D eigenvalue weighted by molar-refractivity contribution is 5.92. The van der Waals surface area contributed by atoms with Gasteiger partial charge in [0, 0.05) is 11.5 Å². The van der Waals surface area contributed by atoms with Crippen LogP contribution in [0.5, 0.6) is 0 Å². The first-order chi connectivity index (χ1) is 19.0. The number of fused-ring (bicyclic) bond motifs is 3. The average molecular weight is 552 g/mol. The molecule has 4 aliphatic rings.